The lowest BCUT2D eigenvalue weighted by molar-refractivity contribution is -0.140. The van der Waals surface area contributed by atoms with Crippen molar-refractivity contribution in [3.05, 3.63) is 0 Å². The topological polar surface area (TPSA) is 93.1 Å². The molecule has 0 radical (unpaired) electrons. The Morgan fingerprint density at radius 2 is 2.00 bits per heavy atom. The minimum atomic E-state index is -1.04. The Kier molecular flexibility index (Phi) is 5.76. The van der Waals surface area contributed by atoms with Crippen molar-refractivity contribution in [1.82, 2.24) is 15.1 Å². The van der Waals surface area contributed by atoms with Gasteiger partial charge in [-0.2, -0.15) is 0 Å². The van der Waals surface area contributed by atoms with Crippen molar-refractivity contribution in [2.24, 2.45) is 5.92 Å². The minimum absolute atomic E-state index is 0.0957. The molecule has 0 aromatic heterocycles. The average molecular weight is 287 g/mol. The summed E-state index contributed by atoms with van der Waals surface area (Å²) in [5.74, 6) is -1.24. The van der Waals surface area contributed by atoms with Crippen molar-refractivity contribution in [1.29, 1.82) is 0 Å². The Morgan fingerprint density at radius 1 is 1.40 bits per heavy atom. The van der Waals surface area contributed by atoms with Crippen molar-refractivity contribution in [2.75, 3.05) is 27.2 Å². The lowest BCUT2D eigenvalue weighted by Crippen LogP contribution is -2.52. The molecule has 3 atom stereocenters. The van der Waals surface area contributed by atoms with E-state index in [1.165, 1.54) is 4.90 Å². The van der Waals surface area contributed by atoms with Crippen molar-refractivity contribution < 1.29 is 19.8 Å². The van der Waals surface area contributed by atoms with Crippen LogP contribution < -0.4 is 5.32 Å². The summed E-state index contributed by atoms with van der Waals surface area (Å²) in [5, 5.41) is 21.4. The van der Waals surface area contributed by atoms with Crippen LogP contribution in [0.25, 0.3) is 0 Å². The summed E-state index contributed by atoms with van der Waals surface area (Å²) in [4.78, 5) is 26.8. The highest BCUT2D eigenvalue weighted by Gasteiger charge is 2.36. The van der Waals surface area contributed by atoms with Crippen LogP contribution in [0.1, 0.15) is 20.3 Å². The standard InChI is InChI=1S/C13H25N3O4/c1-8(2)11(12(18)19)14-13(20)16-7-10(17)5-9(16)6-15(3)4/h8-11,17H,5-7H2,1-4H3,(H,14,20)(H,18,19)/t9?,10?,11-/m0/s1. The van der Waals surface area contributed by atoms with E-state index in [4.69, 9.17) is 5.11 Å². The van der Waals surface area contributed by atoms with Crippen LogP contribution in [0, 0.1) is 5.92 Å². The van der Waals surface area contributed by atoms with Gasteiger partial charge in [-0.15, -0.1) is 0 Å². The Balaban J connectivity index is 2.71. The highest BCUT2D eigenvalue weighted by atomic mass is 16.4. The van der Waals surface area contributed by atoms with Gasteiger partial charge in [-0.05, 0) is 26.4 Å². The molecule has 0 aromatic rings. The Labute approximate surface area is 119 Å². The second kappa shape index (κ2) is 6.90. The molecule has 0 saturated carbocycles. The van der Waals surface area contributed by atoms with Gasteiger partial charge in [0.15, 0.2) is 0 Å². The van der Waals surface area contributed by atoms with E-state index in [1.807, 2.05) is 19.0 Å². The maximum absolute atomic E-state index is 12.2. The predicted molar refractivity (Wildman–Crippen MR) is 74.5 cm³/mol. The van der Waals surface area contributed by atoms with Gasteiger partial charge in [-0.1, -0.05) is 13.8 Å². The third-order valence-corrected chi connectivity index (χ3v) is 3.44. The first-order valence-electron chi connectivity index (χ1n) is 6.85. The molecule has 1 aliphatic rings. The van der Waals surface area contributed by atoms with Gasteiger partial charge < -0.3 is 25.3 Å². The molecule has 0 aromatic carbocycles. The molecule has 1 rings (SSSR count). The fourth-order valence-electron chi connectivity index (χ4n) is 2.46. The fraction of sp³-hybridized carbons (Fsp3) is 0.846. The van der Waals surface area contributed by atoms with Gasteiger partial charge in [0.2, 0.25) is 0 Å². The number of likely N-dealkylation sites (tertiary alicyclic amines) is 1. The Morgan fingerprint density at radius 3 is 2.45 bits per heavy atom. The Bertz CT molecular complexity index is 360. The van der Waals surface area contributed by atoms with Crippen molar-refractivity contribution in [2.45, 2.75) is 38.5 Å². The lowest BCUT2D eigenvalue weighted by Gasteiger charge is -2.29. The van der Waals surface area contributed by atoms with Crippen molar-refractivity contribution >= 4 is 12.0 Å². The summed E-state index contributed by atoms with van der Waals surface area (Å²) in [5.41, 5.74) is 0. The van der Waals surface area contributed by atoms with Crippen LogP contribution in [0.4, 0.5) is 4.79 Å². The molecular formula is C13H25N3O4. The maximum Gasteiger partial charge on any atom is 0.326 e. The molecule has 0 spiro atoms. The highest BCUT2D eigenvalue weighted by molar-refractivity contribution is 5.83. The number of aliphatic hydroxyl groups excluding tert-OH is 1. The zero-order valence-corrected chi connectivity index (χ0v) is 12.5. The average Bonchev–Trinajstić information content (AvgIpc) is 2.64. The van der Waals surface area contributed by atoms with Crippen LogP contribution in [-0.2, 0) is 4.79 Å². The van der Waals surface area contributed by atoms with Gasteiger partial charge in [0, 0.05) is 19.1 Å². The monoisotopic (exact) mass is 287 g/mol. The van der Waals surface area contributed by atoms with Crippen molar-refractivity contribution in [3.8, 4) is 0 Å². The van der Waals surface area contributed by atoms with E-state index in [0.717, 1.165) is 0 Å². The van der Waals surface area contributed by atoms with Crippen LogP contribution in [0.15, 0.2) is 0 Å². The lowest BCUT2D eigenvalue weighted by atomic mass is 10.1. The smallest absolute Gasteiger partial charge is 0.326 e. The molecule has 0 aliphatic carbocycles. The van der Waals surface area contributed by atoms with E-state index in [2.05, 4.69) is 5.32 Å². The largest absolute Gasteiger partial charge is 0.480 e. The van der Waals surface area contributed by atoms with Gasteiger partial charge >= 0.3 is 12.0 Å². The van der Waals surface area contributed by atoms with Gasteiger partial charge in [0.25, 0.3) is 0 Å². The maximum atomic E-state index is 12.2. The molecule has 1 heterocycles. The van der Waals surface area contributed by atoms with E-state index in [9.17, 15) is 14.7 Å². The summed E-state index contributed by atoms with van der Waals surface area (Å²) >= 11 is 0. The quantitative estimate of drug-likeness (QED) is 0.651. The molecule has 1 aliphatic heterocycles. The van der Waals surface area contributed by atoms with Crippen LogP contribution in [0.3, 0.4) is 0 Å². The number of nitrogens with one attached hydrogen (secondary N) is 1. The molecule has 7 heteroatoms. The number of carbonyl (C=O) groups excluding carboxylic acids is 1. The number of nitrogens with zero attached hydrogens (tertiary/aromatic N) is 2. The van der Waals surface area contributed by atoms with Crippen LogP contribution in [0.5, 0.6) is 0 Å². The molecule has 0 bridgehead atoms. The number of amides is 2. The number of carboxylic acid groups (broad SMARTS) is 1. The number of rotatable bonds is 5. The summed E-state index contributed by atoms with van der Waals surface area (Å²) in [6.45, 7) is 4.38. The number of β-amino-alcohol motifs (C(OH)–C–C–N with tert-alkyl or cyclic N) is 1. The van der Waals surface area contributed by atoms with E-state index in [1.54, 1.807) is 13.8 Å². The van der Waals surface area contributed by atoms with Gasteiger partial charge in [0.05, 0.1) is 6.10 Å². The molecule has 7 nitrogen and oxygen atoms in total. The van der Waals surface area contributed by atoms with Crippen LogP contribution in [-0.4, -0.2) is 77.4 Å². The Hall–Kier alpha value is -1.34. The number of aliphatic carboxylic acids is 1. The third-order valence-electron chi connectivity index (χ3n) is 3.44. The zero-order chi connectivity index (χ0) is 15.4. The zero-order valence-electron chi connectivity index (χ0n) is 12.5. The first kappa shape index (κ1) is 16.7. The van der Waals surface area contributed by atoms with Gasteiger partial charge in [-0.25, -0.2) is 9.59 Å². The van der Waals surface area contributed by atoms with E-state index >= 15 is 0 Å². The summed E-state index contributed by atoms with van der Waals surface area (Å²) in [6.07, 6.45) is -0.0293. The molecule has 2 unspecified atom stereocenters. The van der Waals surface area contributed by atoms with E-state index < -0.39 is 24.1 Å². The molecule has 20 heavy (non-hydrogen) atoms. The highest BCUT2D eigenvalue weighted by Crippen LogP contribution is 2.19. The van der Waals surface area contributed by atoms with Gasteiger partial charge in [-0.3, -0.25) is 0 Å². The predicted octanol–water partition coefficient (Wildman–Crippen LogP) is -0.198. The normalized spacial score (nSPS) is 24.2. The molecule has 116 valence electrons. The van der Waals surface area contributed by atoms with Gasteiger partial charge in [0.1, 0.15) is 6.04 Å². The summed E-state index contributed by atoms with van der Waals surface area (Å²) in [7, 11) is 3.80. The fourth-order valence-corrected chi connectivity index (χ4v) is 2.46. The molecule has 1 saturated heterocycles. The molecule has 2 amide bonds. The number of aliphatic hydroxyl groups is 1. The SMILES string of the molecule is CC(C)[C@H](NC(=O)N1CC(O)CC1CN(C)C)C(=O)O. The van der Waals surface area contributed by atoms with E-state index in [0.29, 0.717) is 13.0 Å². The van der Waals surface area contributed by atoms with Crippen LogP contribution in [0.2, 0.25) is 0 Å². The number of carbonyl (C=O) groups is 2. The molecular weight excluding hydrogens is 262 g/mol. The number of hydrogen-bond donors (Lipinski definition) is 3. The second-order valence-corrected chi connectivity index (χ2v) is 5.97. The third kappa shape index (κ3) is 4.35. The van der Waals surface area contributed by atoms with E-state index in [-0.39, 0.29) is 18.5 Å². The number of hydrogen-bond acceptors (Lipinski definition) is 4. The first-order chi connectivity index (χ1) is 9.22. The number of carboxylic acids is 1. The van der Waals surface area contributed by atoms with Crippen LogP contribution >= 0.6 is 0 Å². The number of likely N-dealkylation sites (N-methyl/N-ethyl adjacent to an activating group) is 1. The molecule has 3 N–H and O–H groups in total. The van der Waals surface area contributed by atoms with Crippen molar-refractivity contribution in [3.63, 3.8) is 0 Å². The molecule has 1 fully saturated rings. The minimum Gasteiger partial charge on any atom is -0.480 e. The summed E-state index contributed by atoms with van der Waals surface area (Å²) in [6, 6.07) is -1.43. The second-order valence-electron chi connectivity index (χ2n) is 5.97. The summed E-state index contributed by atoms with van der Waals surface area (Å²) < 4.78 is 0. The number of urea groups is 1. The first-order valence-corrected chi connectivity index (χ1v) is 6.85.